The zero-order valence-electron chi connectivity index (χ0n) is 10.8. The summed E-state index contributed by atoms with van der Waals surface area (Å²) in [5, 5.41) is 3.07. The maximum absolute atomic E-state index is 3.86. The fraction of sp³-hybridized carbons (Fsp3) is 0.636. The zero-order chi connectivity index (χ0) is 12.3. The molecule has 0 fully saturated rings. The Kier molecular flexibility index (Phi) is 11.8. The van der Waals surface area contributed by atoms with Gasteiger partial charge in [-0.2, -0.15) is 0 Å². The summed E-state index contributed by atoms with van der Waals surface area (Å²) < 4.78 is 0. The Hall–Kier alpha value is -1.16. The van der Waals surface area contributed by atoms with Crippen molar-refractivity contribution in [1.29, 1.82) is 0 Å². The Morgan fingerprint density at radius 3 is 2.13 bits per heavy atom. The molecule has 0 rings (SSSR count). The molecule has 0 aromatic heterocycles. The van der Waals surface area contributed by atoms with Crippen molar-refractivity contribution >= 4 is 0 Å². The molecule has 0 spiro atoms. The SMILES string of the molecule is C=C(C)NNC(=C)N(C)CCNC.CC. The Bertz CT molecular complexity index is 177. The van der Waals surface area contributed by atoms with E-state index in [4.69, 9.17) is 0 Å². The van der Waals surface area contributed by atoms with Gasteiger partial charge in [-0.1, -0.05) is 27.0 Å². The summed E-state index contributed by atoms with van der Waals surface area (Å²) in [7, 11) is 3.91. The summed E-state index contributed by atoms with van der Waals surface area (Å²) in [4.78, 5) is 2.02. The summed E-state index contributed by atoms with van der Waals surface area (Å²) in [6.45, 7) is 15.3. The van der Waals surface area contributed by atoms with E-state index >= 15 is 0 Å². The molecule has 0 aliphatic heterocycles. The van der Waals surface area contributed by atoms with Gasteiger partial charge in [-0.3, -0.25) is 5.43 Å². The van der Waals surface area contributed by atoms with Crippen molar-refractivity contribution in [2.24, 2.45) is 0 Å². The van der Waals surface area contributed by atoms with Crippen molar-refractivity contribution in [2.45, 2.75) is 20.8 Å². The van der Waals surface area contributed by atoms with E-state index in [2.05, 4.69) is 29.3 Å². The number of nitrogens with zero attached hydrogens (tertiary/aromatic N) is 1. The lowest BCUT2D eigenvalue weighted by molar-refractivity contribution is 0.373. The van der Waals surface area contributed by atoms with E-state index in [1.165, 1.54) is 0 Å². The lowest BCUT2D eigenvalue weighted by Crippen LogP contribution is -2.38. The lowest BCUT2D eigenvalue weighted by Gasteiger charge is -2.23. The molecule has 0 aromatic carbocycles. The molecule has 0 aromatic rings. The summed E-state index contributed by atoms with van der Waals surface area (Å²) in [6.07, 6.45) is 0. The highest BCUT2D eigenvalue weighted by Gasteiger charge is 1.98. The minimum atomic E-state index is 0.832. The van der Waals surface area contributed by atoms with E-state index in [9.17, 15) is 0 Å². The highest BCUT2D eigenvalue weighted by Crippen LogP contribution is 1.90. The summed E-state index contributed by atoms with van der Waals surface area (Å²) in [5.74, 6) is 0.832. The van der Waals surface area contributed by atoms with Crippen LogP contribution in [0.5, 0.6) is 0 Å². The van der Waals surface area contributed by atoms with Gasteiger partial charge in [0.25, 0.3) is 0 Å². The standard InChI is InChI=1S/C9H20N4.C2H6/c1-8(2)11-12-9(3)13(5)7-6-10-4;1-2/h10-12H,1,3,6-7H2,2,4-5H3;1-2H3. The summed E-state index contributed by atoms with van der Waals surface area (Å²) >= 11 is 0. The first-order valence-corrected chi connectivity index (χ1v) is 5.30. The van der Waals surface area contributed by atoms with Crippen LogP contribution in [-0.2, 0) is 0 Å². The van der Waals surface area contributed by atoms with Crippen LogP contribution < -0.4 is 16.2 Å². The second kappa shape index (κ2) is 10.9. The van der Waals surface area contributed by atoms with E-state index in [0.717, 1.165) is 24.6 Å². The van der Waals surface area contributed by atoms with Crippen LogP contribution in [0.2, 0.25) is 0 Å². The largest absolute Gasteiger partial charge is 0.359 e. The molecule has 0 aliphatic carbocycles. The van der Waals surface area contributed by atoms with Gasteiger partial charge in [0.1, 0.15) is 5.82 Å². The van der Waals surface area contributed by atoms with Crippen molar-refractivity contribution in [3.63, 3.8) is 0 Å². The third-order valence-electron chi connectivity index (χ3n) is 1.58. The summed E-state index contributed by atoms with van der Waals surface area (Å²) in [5.41, 5.74) is 6.71. The molecule has 3 N–H and O–H groups in total. The second-order valence-electron chi connectivity index (χ2n) is 3.00. The third-order valence-corrected chi connectivity index (χ3v) is 1.58. The predicted octanol–water partition coefficient (Wildman–Crippen LogP) is 1.26. The molecule has 0 bridgehead atoms. The molecule has 90 valence electrons. The van der Waals surface area contributed by atoms with E-state index in [1.807, 2.05) is 39.8 Å². The average molecular weight is 214 g/mol. The Morgan fingerprint density at radius 1 is 1.20 bits per heavy atom. The Balaban J connectivity index is 0. The van der Waals surface area contributed by atoms with Crippen molar-refractivity contribution in [2.75, 3.05) is 27.2 Å². The molecule has 0 heterocycles. The van der Waals surface area contributed by atoms with Gasteiger partial charge in [0.05, 0.1) is 0 Å². The number of rotatable bonds is 7. The van der Waals surface area contributed by atoms with Crippen LogP contribution in [0.4, 0.5) is 0 Å². The Morgan fingerprint density at radius 2 is 1.73 bits per heavy atom. The zero-order valence-corrected chi connectivity index (χ0v) is 10.8. The van der Waals surface area contributed by atoms with Gasteiger partial charge < -0.3 is 15.6 Å². The van der Waals surface area contributed by atoms with Crippen LogP contribution >= 0.6 is 0 Å². The molecule has 0 saturated heterocycles. The third kappa shape index (κ3) is 10.8. The highest BCUT2D eigenvalue weighted by atomic mass is 15.4. The molecule has 0 saturated carbocycles. The fourth-order valence-corrected chi connectivity index (χ4v) is 0.689. The van der Waals surface area contributed by atoms with Gasteiger partial charge in [-0.15, -0.1) is 0 Å². The van der Waals surface area contributed by atoms with Crippen LogP contribution in [0.3, 0.4) is 0 Å². The van der Waals surface area contributed by atoms with Crippen molar-refractivity contribution in [1.82, 2.24) is 21.1 Å². The molecule has 15 heavy (non-hydrogen) atoms. The molecule has 0 aliphatic rings. The van der Waals surface area contributed by atoms with Crippen LogP contribution in [0.1, 0.15) is 20.8 Å². The first kappa shape index (κ1) is 16.3. The van der Waals surface area contributed by atoms with E-state index in [1.54, 1.807) is 0 Å². The van der Waals surface area contributed by atoms with Gasteiger partial charge in [-0.25, -0.2) is 0 Å². The summed E-state index contributed by atoms with van der Waals surface area (Å²) in [6, 6.07) is 0. The minimum absolute atomic E-state index is 0.832. The topological polar surface area (TPSA) is 39.3 Å². The van der Waals surface area contributed by atoms with Gasteiger partial charge in [0.15, 0.2) is 0 Å². The molecule has 4 heteroatoms. The average Bonchev–Trinajstić information content (AvgIpc) is 2.25. The van der Waals surface area contributed by atoms with Crippen molar-refractivity contribution in [3.05, 3.63) is 24.7 Å². The van der Waals surface area contributed by atoms with Gasteiger partial charge >= 0.3 is 0 Å². The fourth-order valence-electron chi connectivity index (χ4n) is 0.689. The predicted molar refractivity (Wildman–Crippen MR) is 68.1 cm³/mol. The molecule has 4 nitrogen and oxygen atoms in total. The monoisotopic (exact) mass is 214 g/mol. The van der Waals surface area contributed by atoms with E-state index in [0.29, 0.717) is 0 Å². The molecule has 0 radical (unpaired) electrons. The number of likely N-dealkylation sites (N-methyl/N-ethyl adjacent to an activating group) is 2. The van der Waals surface area contributed by atoms with Crippen molar-refractivity contribution in [3.8, 4) is 0 Å². The molecule has 0 atom stereocenters. The van der Waals surface area contributed by atoms with Crippen molar-refractivity contribution < 1.29 is 0 Å². The van der Waals surface area contributed by atoms with E-state index in [-0.39, 0.29) is 0 Å². The van der Waals surface area contributed by atoms with Gasteiger partial charge in [-0.05, 0) is 14.0 Å². The quantitative estimate of drug-likeness (QED) is 0.558. The number of hydrogen-bond acceptors (Lipinski definition) is 4. The first-order chi connectivity index (χ1) is 7.07. The van der Waals surface area contributed by atoms with Crippen LogP contribution in [0.15, 0.2) is 24.7 Å². The maximum atomic E-state index is 3.86. The van der Waals surface area contributed by atoms with E-state index < -0.39 is 0 Å². The normalized spacial score (nSPS) is 8.33. The maximum Gasteiger partial charge on any atom is 0.112 e. The number of allylic oxidation sites excluding steroid dienone is 1. The van der Waals surface area contributed by atoms with Gasteiger partial charge in [0, 0.05) is 25.8 Å². The minimum Gasteiger partial charge on any atom is -0.359 e. The molecule has 0 unspecified atom stereocenters. The van der Waals surface area contributed by atoms with Gasteiger partial charge in [0.2, 0.25) is 0 Å². The smallest absolute Gasteiger partial charge is 0.112 e. The second-order valence-corrected chi connectivity index (χ2v) is 3.00. The number of hydrogen-bond donors (Lipinski definition) is 3. The highest BCUT2D eigenvalue weighted by molar-refractivity contribution is 4.92. The molecular weight excluding hydrogens is 188 g/mol. The van der Waals surface area contributed by atoms with Crippen LogP contribution in [0, 0.1) is 0 Å². The lowest BCUT2D eigenvalue weighted by atomic mass is 10.5. The Labute approximate surface area is 94.4 Å². The first-order valence-electron chi connectivity index (χ1n) is 5.30. The number of hydrazine groups is 1. The van der Waals surface area contributed by atoms with Crippen LogP contribution in [0.25, 0.3) is 0 Å². The molecule has 0 amide bonds. The van der Waals surface area contributed by atoms with Crippen LogP contribution in [-0.4, -0.2) is 32.1 Å². The number of nitrogens with one attached hydrogen (secondary N) is 3. The molecular formula is C11H26N4.